The fourth-order valence-electron chi connectivity index (χ4n) is 3.19. The van der Waals surface area contributed by atoms with Crippen LogP contribution in [0.3, 0.4) is 0 Å². The van der Waals surface area contributed by atoms with Crippen LogP contribution in [0.5, 0.6) is 0 Å². The molecule has 1 N–H and O–H groups in total. The number of fused-ring (bicyclic) bond motifs is 1. The van der Waals surface area contributed by atoms with Crippen molar-refractivity contribution in [1.82, 2.24) is 14.9 Å². The molecule has 1 unspecified atom stereocenters. The lowest BCUT2D eigenvalue weighted by atomic mass is 9.99. The number of hydrogen-bond acceptors (Lipinski definition) is 2. The Morgan fingerprint density at radius 1 is 1.40 bits per heavy atom. The minimum Gasteiger partial charge on any atom is -0.328 e. The van der Waals surface area contributed by atoms with Crippen LogP contribution < -0.4 is 5.32 Å². The molecule has 3 heteroatoms. The van der Waals surface area contributed by atoms with Crippen molar-refractivity contribution in [2.24, 2.45) is 0 Å². The molecular weight excluding hydrogens is 246 g/mol. The number of piperidine rings is 1. The van der Waals surface area contributed by atoms with Crippen LogP contribution in [-0.2, 0) is 6.54 Å². The lowest BCUT2D eigenvalue weighted by Crippen LogP contribution is -2.30. The van der Waals surface area contributed by atoms with E-state index in [1.807, 2.05) is 0 Å². The normalized spacial score (nSPS) is 19.6. The van der Waals surface area contributed by atoms with Crippen molar-refractivity contribution in [3.8, 4) is 0 Å². The monoisotopic (exact) mass is 271 g/mol. The molecule has 1 saturated heterocycles. The summed E-state index contributed by atoms with van der Waals surface area (Å²) in [7, 11) is 0. The molecule has 0 saturated carbocycles. The second-order valence-corrected chi connectivity index (χ2v) is 6.01. The summed E-state index contributed by atoms with van der Waals surface area (Å²) < 4.78 is 2.47. The molecule has 1 aromatic heterocycles. The SMILES string of the molecule is CCCCn1c(C2CCCNC2)nc2cc(C)ccc21. The molecular formula is C17H25N3. The number of aromatic nitrogens is 2. The predicted molar refractivity (Wildman–Crippen MR) is 84.2 cm³/mol. The van der Waals surface area contributed by atoms with Gasteiger partial charge >= 0.3 is 0 Å². The molecule has 1 atom stereocenters. The molecule has 108 valence electrons. The molecule has 3 nitrogen and oxygen atoms in total. The molecule has 0 aliphatic carbocycles. The molecule has 1 aliphatic heterocycles. The van der Waals surface area contributed by atoms with Crippen molar-refractivity contribution < 1.29 is 0 Å². The average Bonchev–Trinajstić information content (AvgIpc) is 2.83. The second-order valence-electron chi connectivity index (χ2n) is 6.01. The Morgan fingerprint density at radius 2 is 2.30 bits per heavy atom. The van der Waals surface area contributed by atoms with Gasteiger partial charge in [0.2, 0.25) is 0 Å². The summed E-state index contributed by atoms with van der Waals surface area (Å²) in [5, 5.41) is 3.52. The number of imidazole rings is 1. The lowest BCUT2D eigenvalue weighted by molar-refractivity contribution is 0.431. The molecule has 20 heavy (non-hydrogen) atoms. The number of aryl methyl sites for hydroxylation is 2. The van der Waals surface area contributed by atoms with Gasteiger partial charge in [-0.2, -0.15) is 0 Å². The third kappa shape index (κ3) is 2.59. The Labute approximate surface area is 121 Å². The Kier molecular flexibility index (Phi) is 4.06. The maximum atomic E-state index is 4.97. The van der Waals surface area contributed by atoms with Crippen LogP contribution in [0.1, 0.15) is 49.9 Å². The molecule has 2 aromatic rings. The van der Waals surface area contributed by atoms with E-state index in [-0.39, 0.29) is 0 Å². The summed E-state index contributed by atoms with van der Waals surface area (Å²) in [5.74, 6) is 1.87. The maximum absolute atomic E-state index is 4.97. The van der Waals surface area contributed by atoms with Crippen LogP contribution in [0.4, 0.5) is 0 Å². The molecule has 1 aromatic carbocycles. The Bertz CT molecular complexity index is 579. The van der Waals surface area contributed by atoms with Crippen molar-refractivity contribution in [2.75, 3.05) is 13.1 Å². The van der Waals surface area contributed by atoms with Crippen LogP contribution in [-0.4, -0.2) is 22.6 Å². The number of nitrogens with zero attached hydrogens (tertiary/aromatic N) is 2. The smallest absolute Gasteiger partial charge is 0.114 e. The minimum atomic E-state index is 0.577. The van der Waals surface area contributed by atoms with E-state index in [1.165, 1.54) is 48.1 Å². The molecule has 0 spiro atoms. The average molecular weight is 271 g/mol. The third-order valence-corrected chi connectivity index (χ3v) is 4.33. The van der Waals surface area contributed by atoms with E-state index in [1.54, 1.807) is 0 Å². The van der Waals surface area contributed by atoms with Gasteiger partial charge < -0.3 is 9.88 Å². The highest BCUT2D eigenvalue weighted by Gasteiger charge is 2.22. The van der Waals surface area contributed by atoms with E-state index in [0.717, 1.165) is 19.6 Å². The van der Waals surface area contributed by atoms with Gasteiger partial charge in [-0.15, -0.1) is 0 Å². The summed E-state index contributed by atoms with van der Waals surface area (Å²) in [6, 6.07) is 6.67. The van der Waals surface area contributed by atoms with Crippen molar-refractivity contribution in [3.63, 3.8) is 0 Å². The highest BCUT2D eigenvalue weighted by Crippen LogP contribution is 2.27. The van der Waals surface area contributed by atoms with Gasteiger partial charge in [-0.05, 0) is 50.4 Å². The molecule has 1 aliphatic rings. The fraction of sp³-hybridized carbons (Fsp3) is 0.588. The summed E-state index contributed by atoms with van der Waals surface area (Å²) in [4.78, 5) is 4.97. The van der Waals surface area contributed by atoms with Crippen molar-refractivity contribution in [2.45, 2.75) is 52.0 Å². The number of benzene rings is 1. The fourth-order valence-corrected chi connectivity index (χ4v) is 3.19. The molecule has 0 bridgehead atoms. The van der Waals surface area contributed by atoms with Crippen molar-refractivity contribution >= 4 is 11.0 Å². The molecule has 0 amide bonds. The predicted octanol–water partition coefficient (Wildman–Crippen LogP) is 3.61. The van der Waals surface area contributed by atoms with E-state index in [0.29, 0.717) is 5.92 Å². The van der Waals surface area contributed by atoms with E-state index in [9.17, 15) is 0 Å². The Morgan fingerprint density at radius 3 is 3.05 bits per heavy atom. The quantitative estimate of drug-likeness (QED) is 0.920. The van der Waals surface area contributed by atoms with Gasteiger partial charge in [0.1, 0.15) is 5.82 Å². The maximum Gasteiger partial charge on any atom is 0.114 e. The number of hydrogen-bond donors (Lipinski definition) is 1. The number of nitrogens with one attached hydrogen (secondary N) is 1. The topological polar surface area (TPSA) is 29.9 Å². The summed E-state index contributed by atoms with van der Waals surface area (Å²) >= 11 is 0. The number of rotatable bonds is 4. The summed E-state index contributed by atoms with van der Waals surface area (Å²) in [6.45, 7) is 7.73. The van der Waals surface area contributed by atoms with Gasteiger partial charge in [-0.25, -0.2) is 4.98 Å². The molecule has 1 fully saturated rings. The first-order valence-electron chi connectivity index (χ1n) is 7.97. The zero-order chi connectivity index (χ0) is 13.9. The summed E-state index contributed by atoms with van der Waals surface area (Å²) in [6.07, 6.45) is 4.99. The van der Waals surface area contributed by atoms with Crippen LogP contribution in [0.25, 0.3) is 11.0 Å². The summed E-state index contributed by atoms with van der Waals surface area (Å²) in [5.41, 5.74) is 3.78. The third-order valence-electron chi connectivity index (χ3n) is 4.33. The van der Waals surface area contributed by atoms with Crippen LogP contribution in [0.15, 0.2) is 18.2 Å². The zero-order valence-corrected chi connectivity index (χ0v) is 12.7. The van der Waals surface area contributed by atoms with Crippen molar-refractivity contribution in [3.05, 3.63) is 29.6 Å². The van der Waals surface area contributed by atoms with E-state index >= 15 is 0 Å². The second kappa shape index (κ2) is 5.96. The lowest BCUT2D eigenvalue weighted by Gasteiger charge is -2.23. The highest BCUT2D eigenvalue weighted by molar-refractivity contribution is 5.77. The first-order chi connectivity index (χ1) is 9.79. The van der Waals surface area contributed by atoms with Gasteiger partial charge in [0.15, 0.2) is 0 Å². The minimum absolute atomic E-state index is 0.577. The zero-order valence-electron chi connectivity index (χ0n) is 12.7. The standard InChI is InChI=1S/C17H25N3/c1-3-4-10-20-16-8-7-13(2)11-15(16)19-17(20)14-6-5-9-18-12-14/h7-8,11,14,18H,3-6,9-10,12H2,1-2H3. The Hall–Kier alpha value is -1.35. The van der Waals surface area contributed by atoms with Gasteiger partial charge in [0.25, 0.3) is 0 Å². The van der Waals surface area contributed by atoms with E-state index in [2.05, 4.69) is 41.9 Å². The van der Waals surface area contributed by atoms with E-state index in [4.69, 9.17) is 4.98 Å². The van der Waals surface area contributed by atoms with Crippen LogP contribution in [0.2, 0.25) is 0 Å². The van der Waals surface area contributed by atoms with Crippen LogP contribution >= 0.6 is 0 Å². The van der Waals surface area contributed by atoms with Crippen LogP contribution in [0, 0.1) is 6.92 Å². The first kappa shape index (κ1) is 13.6. The van der Waals surface area contributed by atoms with E-state index < -0.39 is 0 Å². The van der Waals surface area contributed by atoms with Gasteiger partial charge in [-0.3, -0.25) is 0 Å². The number of unbranched alkanes of at least 4 members (excludes halogenated alkanes) is 1. The molecule has 0 radical (unpaired) electrons. The molecule has 3 rings (SSSR count). The molecule has 2 heterocycles. The largest absolute Gasteiger partial charge is 0.328 e. The van der Waals surface area contributed by atoms with Gasteiger partial charge in [0.05, 0.1) is 11.0 Å². The van der Waals surface area contributed by atoms with Gasteiger partial charge in [0, 0.05) is 19.0 Å². The van der Waals surface area contributed by atoms with Gasteiger partial charge in [-0.1, -0.05) is 19.4 Å². The van der Waals surface area contributed by atoms with Crippen molar-refractivity contribution in [1.29, 1.82) is 0 Å². The highest BCUT2D eigenvalue weighted by atomic mass is 15.1. The first-order valence-corrected chi connectivity index (χ1v) is 7.97. The Balaban J connectivity index is 2.03.